The number of para-hydroxylation sites is 1. The van der Waals surface area contributed by atoms with Crippen LogP contribution in [-0.4, -0.2) is 13.2 Å². The molecule has 0 N–H and O–H groups in total. The van der Waals surface area contributed by atoms with Gasteiger partial charge in [-0.25, -0.2) is 0 Å². The second-order valence-electron chi connectivity index (χ2n) is 14.4. The molecule has 0 saturated heterocycles. The first-order valence-electron chi connectivity index (χ1n) is 20.0. The first kappa shape index (κ1) is 36.0. The maximum Gasteiger partial charge on any atom is 0.121 e. The first-order chi connectivity index (χ1) is 27.1. The van der Waals surface area contributed by atoms with E-state index in [1.165, 1.54) is 44.4 Å². The Morgan fingerprint density at radius 3 is 1.51 bits per heavy atom. The molecule has 0 spiro atoms. The predicted octanol–water partition coefficient (Wildman–Crippen LogP) is 14.4. The largest absolute Gasteiger partial charge is 0.494 e. The highest BCUT2D eigenvalue weighted by molar-refractivity contribution is 5.99. The van der Waals surface area contributed by atoms with Crippen molar-refractivity contribution in [2.75, 3.05) is 23.0 Å². The lowest BCUT2D eigenvalue weighted by Crippen LogP contribution is -2.25. The minimum absolute atomic E-state index is 0.146. The fourth-order valence-corrected chi connectivity index (χ4v) is 8.88. The molecule has 4 nitrogen and oxygen atoms in total. The van der Waals surface area contributed by atoms with Crippen LogP contribution in [-0.2, 0) is 5.41 Å². The van der Waals surface area contributed by atoms with Gasteiger partial charge < -0.3 is 19.3 Å². The normalized spacial score (nSPS) is 12.6. The lowest BCUT2D eigenvalue weighted by molar-refractivity contribution is 0.340. The van der Waals surface area contributed by atoms with E-state index >= 15 is 0 Å². The fraction of sp³-hybridized carbons (Fsp3) is 0.216. The van der Waals surface area contributed by atoms with Crippen molar-refractivity contribution in [3.8, 4) is 22.6 Å². The molecule has 7 aromatic rings. The molecule has 4 heteroatoms. The Balaban J connectivity index is 1.31. The highest BCUT2D eigenvalue weighted by Gasteiger charge is 2.42. The number of hydrogen-bond donors (Lipinski definition) is 0. The van der Waals surface area contributed by atoms with Gasteiger partial charge in [-0.2, -0.15) is 0 Å². The molecule has 7 aromatic carbocycles. The van der Waals surface area contributed by atoms with E-state index in [1.54, 1.807) is 0 Å². The van der Waals surface area contributed by atoms with Crippen molar-refractivity contribution in [3.63, 3.8) is 0 Å². The van der Waals surface area contributed by atoms with Gasteiger partial charge in [-0.1, -0.05) is 106 Å². The van der Waals surface area contributed by atoms with Gasteiger partial charge in [0.05, 0.1) is 18.9 Å². The summed E-state index contributed by atoms with van der Waals surface area (Å²) < 4.78 is 12.0. The van der Waals surface area contributed by atoms with E-state index in [2.05, 4.69) is 169 Å². The van der Waals surface area contributed by atoms with Gasteiger partial charge >= 0.3 is 0 Å². The summed E-state index contributed by atoms with van der Waals surface area (Å²) in [4.78, 5) is 4.79. The molecule has 0 unspecified atom stereocenters. The third-order valence-electron chi connectivity index (χ3n) is 11.0. The molecule has 0 heterocycles. The van der Waals surface area contributed by atoms with Crippen LogP contribution in [0.1, 0.15) is 64.5 Å². The summed E-state index contributed by atoms with van der Waals surface area (Å²) >= 11 is 0. The van der Waals surface area contributed by atoms with Crippen LogP contribution in [0.15, 0.2) is 158 Å². The first-order valence-corrected chi connectivity index (χ1v) is 20.0. The smallest absolute Gasteiger partial charge is 0.121 e. The summed E-state index contributed by atoms with van der Waals surface area (Å²) in [7, 11) is 0. The van der Waals surface area contributed by atoms with Crippen LogP contribution in [0.25, 0.3) is 21.9 Å². The standard InChI is InChI=1S/C51H50N2O2/c1-5-31-51(32-6-2)48-35-41(52(39-21-15-23-43(33-39)54-7-3)40-22-16-24-44(34-40)55-8-4)27-29-46(48)47-30-28-42(36-49(47)51)53(38-19-10-9-11-20-38)50-26-14-18-37-17-12-13-25-45(37)50/h9-30,33-36H,5-8,31-32H2,1-4H3. The second-order valence-corrected chi connectivity index (χ2v) is 14.4. The zero-order valence-corrected chi connectivity index (χ0v) is 32.5. The molecular formula is C51H50N2O2. The van der Waals surface area contributed by atoms with Crippen molar-refractivity contribution in [3.05, 3.63) is 169 Å². The van der Waals surface area contributed by atoms with Gasteiger partial charge in [0.2, 0.25) is 0 Å². The minimum Gasteiger partial charge on any atom is -0.494 e. The molecule has 0 radical (unpaired) electrons. The van der Waals surface area contributed by atoms with Crippen LogP contribution in [0.4, 0.5) is 34.1 Å². The Bertz CT molecular complexity index is 2360. The van der Waals surface area contributed by atoms with Crippen molar-refractivity contribution in [1.29, 1.82) is 0 Å². The van der Waals surface area contributed by atoms with E-state index in [-0.39, 0.29) is 5.41 Å². The van der Waals surface area contributed by atoms with E-state index in [0.717, 1.165) is 59.9 Å². The van der Waals surface area contributed by atoms with Gasteiger partial charge in [-0.15, -0.1) is 0 Å². The van der Waals surface area contributed by atoms with Crippen molar-refractivity contribution in [2.45, 2.75) is 58.8 Å². The maximum absolute atomic E-state index is 6.01. The summed E-state index contributed by atoms with van der Waals surface area (Å²) in [6, 6.07) is 57.3. The van der Waals surface area contributed by atoms with Crippen LogP contribution in [0, 0.1) is 0 Å². The number of hydrogen-bond acceptors (Lipinski definition) is 4. The summed E-state index contributed by atoms with van der Waals surface area (Å²) in [5.41, 5.74) is 12.0. The molecule has 1 aliphatic rings. The van der Waals surface area contributed by atoms with Gasteiger partial charge in [0.25, 0.3) is 0 Å². The van der Waals surface area contributed by atoms with Crippen molar-refractivity contribution < 1.29 is 9.47 Å². The molecule has 0 fully saturated rings. The summed E-state index contributed by atoms with van der Waals surface area (Å²) in [5, 5.41) is 2.47. The average molecular weight is 723 g/mol. The SMILES string of the molecule is CCCC1(CCC)c2cc(N(c3cccc(OCC)c3)c3cccc(OCC)c3)ccc2-c2ccc(N(c3ccccc3)c3cccc4ccccc34)cc21. The lowest BCUT2D eigenvalue weighted by atomic mass is 9.71. The van der Waals surface area contributed by atoms with E-state index in [1.807, 2.05) is 26.0 Å². The zero-order chi connectivity index (χ0) is 37.8. The van der Waals surface area contributed by atoms with E-state index in [4.69, 9.17) is 9.47 Å². The third-order valence-corrected chi connectivity index (χ3v) is 11.0. The van der Waals surface area contributed by atoms with Crippen molar-refractivity contribution in [2.24, 2.45) is 0 Å². The highest BCUT2D eigenvalue weighted by atomic mass is 16.5. The fourth-order valence-electron chi connectivity index (χ4n) is 8.88. The second kappa shape index (κ2) is 15.8. The van der Waals surface area contributed by atoms with Crippen molar-refractivity contribution >= 4 is 44.9 Å². The predicted molar refractivity (Wildman–Crippen MR) is 232 cm³/mol. The molecule has 0 aliphatic heterocycles. The Hall–Kier alpha value is -6.00. The van der Waals surface area contributed by atoms with Crippen LogP contribution in [0.5, 0.6) is 11.5 Å². The number of nitrogens with zero attached hydrogens (tertiary/aromatic N) is 2. The maximum atomic E-state index is 6.01. The molecule has 0 aromatic heterocycles. The van der Waals surface area contributed by atoms with Gasteiger partial charge in [0.15, 0.2) is 0 Å². The highest BCUT2D eigenvalue weighted by Crippen LogP contribution is 2.56. The molecule has 0 bridgehead atoms. The zero-order valence-electron chi connectivity index (χ0n) is 32.5. The molecule has 8 rings (SSSR count). The van der Waals surface area contributed by atoms with E-state index < -0.39 is 0 Å². The monoisotopic (exact) mass is 722 g/mol. The number of rotatable bonds is 14. The van der Waals surface area contributed by atoms with Crippen LogP contribution < -0.4 is 19.3 Å². The average Bonchev–Trinajstić information content (AvgIpc) is 3.47. The third kappa shape index (κ3) is 6.71. The number of fused-ring (bicyclic) bond motifs is 4. The summed E-state index contributed by atoms with van der Waals surface area (Å²) in [6.45, 7) is 9.95. The molecule has 1 aliphatic carbocycles. The number of ether oxygens (including phenoxy) is 2. The quantitative estimate of drug-likeness (QED) is 0.112. The number of benzene rings is 7. The molecule has 276 valence electrons. The molecular weight excluding hydrogens is 673 g/mol. The topological polar surface area (TPSA) is 24.9 Å². The van der Waals surface area contributed by atoms with Crippen LogP contribution >= 0.6 is 0 Å². The number of anilines is 6. The van der Waals surface area contributed by atoms with Gasteiger partial charge in [-0.3, -0.25) is 0 Å². The Kier molecular flexibility index (Phi) is 10.3. The molecule has 0 atom stereocenters. The van der Waals surface area contributed by atoms with Crippen LogP contribution in [0.3, 0.4) is 0 Å². The van der Waals surface area contributed by atoms with Crippen molar-refractivity contribution in [1.82, 2.24) is 0 Å². The van der Waals surface area contributed by atoms with E-state index in [9.17, 15) is 0 Å². The molecule has 55 heavy (non-hydrogen) atoms. The molecule has 0 saturated carbocycles. The minimum atomic E-state index is -0.146. The van der Waals surface area contributed by atoms with E-state index in [0.29, 0.717) is 13.2 Å². The Morgan fingerprint density at radius 2 is 0.927 bits per heavy atom. The van der Waals surface area contributed by atoms with Gasteiger partial charge in [0, 0.05) is 51.4 Å². The van der Waals surface area contributed by atoms with Crippen LogP contribution in [0.2, 0.25) is 0 Å². The van der Waals surface area contributed by atoms with Gasteiger partial charge in [-0.05, 0) is 121 Å². The van der Waals surface area contributed by atoms with Gasteiger partial charge in [0.1, 0.15) is 11.5 Å². The molecule has 0 amide bonds. The lowest BCUT2D eigenvalue weighted by Gasteiger charge is -2.34. The summed E-state index contributed by atoms with van der Waals surface area (Å²) in [6.07, 6.45) is 4.28. The summed E-state index contributed by atoms with van der Waals surface area (Å²) in [5.74, 6) is 1.71. The Labute approximate surface area is 326 Å². The Morgan fingerprint density at radius 1 is 0.436 bits per heavy atom.